The summed E-state index contributed by atoms with van der Waals surface area (Å²) in [5, 5.41) is 14.3. The lowest BCUT2D eigenvalue weighted by Gasteiger charge is -2.26. The minimum Gasteiger partial charge on any atom is -0.489 e. The first-order valence-electron chi connectivity index (χ1n) is 6.41. The van der Waals surface area contributed by atoms with E-state index >= 15 is 0 Å². The van der Waals surface area contributed by atoms with Crippen molar-refractivity contribution in [2.24, 2.45) is 0 Å². The van der Waals surface area contributed by atoms with Crippen LogP contribution in [0.2, 0.25) is 5.02 Å². The smallest absolute Gasteiger partial charge is 0.138 e. The van der Waals surface area contributed by atoms with E-state index in [9.17, 15) is 5.11 Å². The molecule has 1 saturated heterocycles. The van der Waals surface area contributed by atoms with E-state index in [-0.39, 0.29) is 0 Å². The predicted octanol–water partition coefficient (Wildman–Crippen LogP) is 2.53. The van der Waals surface area contributed by atoms with E-state index in [0.717, 1.165) is 37.9 Å². The molecule has 0 unspecified atom stereocenters. The van der Waals surface area contributed by atoms with Crippen molar-refractivity contribution in [2.45, 2.75) is 31.8 Å². The van der Waals surface area contributed by atoms with E-state index in [0.29, 0.717) is 17.4 Å². The van der Waals surface area contributed by atoms with Gasteiger partial charge in [0.05, 0.1) is 10.6 Å². The molecule has 1 heterocycles. The maximum absolute atomic E-state index is 10.5. The van der Waals surface area contributed by atoms with E-state index in [1.54, 1.807) is 0 Å². The van der Waals surface area contributed by atoms with E-state index < -0.39 is 5.60 Å². The van der Waals surface area contributed by atoms with E-state index in [1.807, 2.05) is 25.1 Å². The number of hydrogen-bond donors (Lipinski definition) is 2. The van der Waals surface area contributed by atoms with Crippen molar-refractivity contribution in [2.75, 3.05) is 19.7 Å². The molecule has 0 aliphatic carbocycles. The summed E-state index contributed by atoms with van der Waals surface area (Å²) in [5.74, 6) is 0.655. The number of nitrogens with one attached hydrogen (secondary N) is 1. The molecule has 2 rings (SSSR count). The maximum Gasteiger partial charge on any atom is 0.138 e. The molecule has 2 N–H and O–H groups in total. The fourth-order valence-corrected chi connectivity index (χ4v) is 2.36. The van der Waals surface area contributed by atoms with Crippen LogP contribution in [0.1, 0.15) is 24.8 Å². The highest BCUT2D eigenvalue weighted by atomic mass is 35.5. The number of benzene rings is 1. The van der Waals surface area contributed by atoms with Gasteiger partial charge in [-0.3, -0.25) is 0 Å². The van der Waals surface area contributed by atoms with Gasteiger partial charge in [0, 0.05) is 0 Å². The molecule has 1 aliphatic heterocycles. The fraction of sp³-hybridized carbons (Fsp3) is 0.571. The summed E-state index contributed by atoms with van der Waals surface area (Å²) < 4.78 is 5.71. The Bertz CT molecular complexity index is 401. The van der Waals surface area contributed by atoms with E-state index in [1.165, 1.54) is 0 Å². The van der Waals surface area contributed by atoms with Crippen molar-refractivity contribution in [3.05, 3.63) is 28.8 Å². The van der Waals surface area contributed by atoms with Gasteiger partial charge in [0.25, 0.3) is 0 Å². The molecular weight excluding hydrogens is 250 g/mol. The van der Waals surface area contributed by atoms with Crippen molar-refractivity contribution in [1.82, 2.24) is 5.32 Å². The quantitative estimate of drug-likeness (QED) is 0.886. The Morgan fingerprint density at radius 1 is 1.39 bits per heavy atom. The summed E-state index contributed by atoms with van der Waals surface area (Å²) in [6, 6.07) is 5.67. The number of hydrogen-bond acceptors (Lipinski definition) is 3. The third-order valence-electron chi connectivity index (χ3n) is 3.35. The Balaban J connectivity index is 1.99. The summed E-state index contributed by atoms with van der Waals surface area (Å²) in [7, 11) is 0. The van der Waals surface area contributed by atoms with E-state index in [2.05, 4.69) is 5.32 Å². The zero-order valence-electron chi connectivity index (χ0n) is 10.7. The topological polar surface area (TPSA) is 41.5 Å². The van der Waals surface area contributed by atoms with Crippen LogP contribution in [0.5, 0.6) is 5.75 Å². The van der Waals surface area contributed by atoms with Crippen LogP contribution in [0.15, 0.2) is 18.2 Å². The molecule has 0 amide bonds. The second kappa shape index (κ2) is 5.91. The van der Waals surface area contributed by atoms with Crippen molar-refractivity contribution in [1.29, 1.82) is 0 Å². The predicted molar refractivity (Wildman–Crippen MR) is 73.4 cm³/mol. The lowest BCUT2D eigenvalue weighted by molar-refractivity contribution is -0.0147. The molecule has 4 heteroatoms. The number of rotatable bonds is 3. The second-order valence-electron chi connectivity index (χ2n) is 5.05. The molecule has 1 aromatic carbocycles. The SMILES string of the molecule is Cc1ccc(Cl)c(OC[C@]2(O)CCCNCC2)c1. The van der Waals surface area contributed by atoms with Gasteiger partial charge >= 0.3 is 0 Å². The minimum absolute atomic E-state index is 0.303. The highest BCUT2D eigenvalue weighted by molar-refractivity contribution is 6.32. The van der Waals surface area contributed by atoms with Crippen LogP contribution in [0.25, 0.3) is 0 Å². The van der Waals surface area contributed by atoms with Gasteiger partial charge in [-0.05, 0) is 57.0 Å². The zero-order chi connectivity index (χ0) is 13.0. The highest BCUT2D eigenvalue weighted by Gasteiger charge is 2.29. The number of halogens is 1. The third-order valence-corrected chi connectivity index (χ3v) is 3.66. The van der Waals surface area contributed by atoms with Crippen LogP contribution in [-0.4, -0.2) is 30.4 Å². The first-order chi connectivity index (χ1) is 8.59. The zero-order valence-corrected chi connectivity index (χ0v) is 11.5. The van der Waals surface area contributed by atoms with Gasteiger partial charge in [0.2, 0.25) is 0 Å². The van der Waals surface area contributed by atoms with E-state index in [4.69, 9.17) is 16.3 Å². The summed E-state index contributed by atoms with van der Waals surface area (Å²) in [6.45, 7) is 4.10. The second-order valence-corrected chi connectivity index (χ2v) is 5.46. The maximum atomic E-state index is 10.5. The molecule has 1 aromatic rings. The van der Waals surface area contributed by atoms with Gasteiger partial charge in [-0.1, -0.05) is 17.7 Å². The van der Waals surface area contributed by atoms with Crippen molar-refractivity contribution in [3.63, 3.8) is 0 Å². The first-order valence-corrected chi connectivity index (χ1v) is 6.79. The summed E-state index contributed by atoms with van der Waals surface area (Å²) >= 11 is 6.07. The summed E-state index contributed by atoms with van der Waals surface area (Å²) in [5.41, 5.74) is 0.361. The van der Waals surface area contributed by atoms with Crippen LogP contribution >= 0.6 is 11.6 Å². The van der Waals surface area contributed by atoms with Gasteiger partial charge in [0.1, 0.15) is 12.4 Å². The van der Waals surface area contributed by atoms with Crippen LogP contribution < -0.4 is 10.1 Å². The molecule has 0 saturated carbocycles. The van der Waals surface area contributed by atoms with Gasteiger partial charge in [-0.2, -0.15) is 0 Å². The van der Waals surface area contributed by atoms with Gasteiger partial charge in [-0.25, -0.2) is 0 Å². The van der Waals surface area contributed by atoms with Gasteiger partial charge < -0.3 is 15.2 Å². The molecule has 3 nitrogen and oxygen atoms in total. The molecule has 100 valence electrons. The van der Waals surface area contributed by atoms with Crippen molar-refractivity contribution in [3.8, 4) is 5.75 Å². The number of aryl methyl sites for hydroxylation is 1. The van der Waals surface area contributed by atoms with Crippen LogP contribution in [-0.2, 0) is 0 Å². The molecule has 0 aromatic heterocycles. The van der Waals surface area contributed by atoms with Crippen LogP contribution in [0, 0.1) is 6.92 Å². The molecular formula is C14H20ClNO2. The molecule has 0 radical (unpaired) electrons. The lowest BCUT2D eigenvalue weighted by atomic mass is 9.96. The number of ether oxygens (including phenoxy) is 1. The fourth-order valence-electron chi connectivity index (χ4n) is 2.19. The Kier molecular flexibility index (Phi) is 4.49. The summed E-state index contributed by atoms with van der Waals surface area (Å²) in [6.07, 6.45) is 2.46. The molecule has 0 bridgehead atoms. The Morgan fingerprint density at radius 2 is 2.22 bits per heavy atom. The normalized spacial score (nSPS) is 24.6. The van der Waals surface area contributed by atoms with Crippen molar-refractivity contribution < 1.29 is 9.84 Å². The first kappa shape index (κ1) is 13.7. The highest BCUT2D eigenvalue weighted by Crippen LogP contribution is 2.28. The van der Waals surface area contributed by atoms with Crippen LogP contribution in [0.3, 0.4) is 0 Å². The molecule has 1 aliphatic rings. The summed E-state index contributed by atoms with van der Waals surface area (Å²) in [4.78, 5) is 0. The lowest BCUT2D eigenvalue weighted by Crippen LogP contribution is -2.36. The third kappa shape index (κ3) is 3.61. The average molecular weight is 270 g/mol. The van der Waals surface area contributed by atoms with Gasteiger partial charge in [-0.15, -0.1) is 0 Å². The Hall–Kier alpha value is -0.770. The van der Waals surface area contributed by atoms with Gasteiger partial charge in [0.15, 0.2) is 0 Å². The molecule has 1 fully saturated rings. The van der Waals surface area contributed by atoms with Crippen molar-refractivity contribution >= 4 is 11.6 Å². The Morgan fingerprint density at radius 3 is 3.06 bits per heavy atom. The monoisotopic (exact) mass is 269 g/mol. The molecule has 18 heavy (non-hydrogen) atoms. The standard InChI is InChI=1S/C14H20ClNO2/c1-11-3-4-12(15)13(9-11)18-10-14(17)5-2-7-16-8-6-14/h3-4,9,16-17H,2,5-8,10H2,1H3/t14-/m0/s1. The minimum atomic E-state index is -0.740. The molecule has 0 spiro atoms. The average Bonchev–Trinajstić information content (AvgIpc) is 2.56. The number of aliphatic hydroxyl groups is 1. The Labute approximate surface area is 113 Å². The molecule has 1 atom stereocenters. The van der Waals surface area contributed by atoms with Crippen LogP contribution in [0.4, 0.5) is 0 Å². The largest absolute Gasteiger partial charge is 0.489 e.